The van der Waals surface area contributed by atoms with Crippen molar-refractivity contribution in [1.29, 1.82) is 0 Å². The Morgan fingerprint density at radius 1 is 1.64 bits per heavy atom. The van der Waals surface area contributed by atoms with Crippen molar-refractivity contribution in [2.45, 2.75) is 12.5 Å². The van der Waals surface area contributed by atoms with Gasteiger partial charge in [0.1, 0.15) is 5.76 Å². The van der Waals surface area contributed by atoms with Crippen molar-refractivity contribution in [2.24, 2.45) is 0 Å². The average molecular weight is 192 g/mol. The molecule has 0 fully saturated rings. The first-order chi connectivity index (χ1) is 6.77. The molecule has 0 aliphatic rings. The monoisotopic (exact) mass is 192 g/mol. The fraction of sp³-hybridized carbons (Fsp3) is 0.182. The number of carbonyl (C=O) groups excluding carboxylic acids is 1. The van der Waals surface area contributed by atoms with Crippen LogP contribution in [0, 0.1) is 0 Å². The summed E-state index contributed by atoms with van der Waals surface area (Å²) in [6, 6.07) is 3.50. The van der Waals surface area contributed by atoms with Gasteiger partial charge in [-0.1, -0.05) is 12.7 Å². The van der Waals surface area contributed by atoms with Crippen LogP contribution >= 0.6 is 0 Å². The van der Waals surface area contributed by atoms with Crippen LogP contribution in [0.4, 0.5) is 0 Å². The molecule has 0 unspecified atom stereocenters. The van der Waals surface area contributed by atoms with Crippen LogP contribution in [0.15, 0.2) is 48.1 Å². The molecule has 1 heterocycles. The Kier molecular flexibility index (Phi) is 3.73. The number of esters is 1. The van der Waals surface area contributed by atoms with E-state index in [4.69, 9.17) is 9.15 Å². The molecule has 0 aliphatic carbocycles. The van der Waals surface area contributed by atoms with Gasteiger partial charge in [-0.05, 0) is 12.1 Å². The number of hydrogen-bond donors (Lipinski definition) is 0. The van der Waals surface area contributed by atoms with Crippen LogP contribution in [0.1, 0.15) is 18.3 Å². The molecule has 0 N–H and O–H groups in total. The van der Waals surface area contributed by atoms with Crippen molar-refractivity contribution in [3.63, 3.8) is 0 Å². The van der Waals surface area contributed by atoms with Crippen LogP contribution < -0.4 is 0 Å². The molecule has 0 saturated heterocycles. The second-order valence-corrected chi connectivity index (χ2v) is 2.67. The molecule has 1 rings (SSSR count). The van der Waals surface area contributed by atoms with Gasteiger partial charge in [-0.25, -0.2) is 4.79 Å². The smallest absolute Gasteiger partial charge is 0.330 e. The summed E-state index contributed by atoms with van der Waals surface area (Å²) in [5.41, 5.74) is 0. The molecular weight excluding hydrogens is 180 g/mol. The van der Waals surface area contributed by atoms with Gasteiger partial charge in [-0.3, -0.25) is 0 Å². The third-order valence-corrected chi connectivity index (χ3v) is 1.67. The summed E-state index contributed by atoms with van der Waals surface area (Å²) < 4.78 is 10.2. The maximum absolute atomic E-state index is 11.0. The summed E-state index contributed by atoms with van der Waals surface area (Å²) in [4.78, 5) is 11.0. The SMILES string of the molecule is C=CC[C@H](OC(=O)C=C)c1ccco1. The molecule has 14 heavy (non-hydrogen) atoms. The second-order valence-electron chi connectivity index (χ2n) is 2.67. The maximum Gasteiger partial charge on any atom is 0.330 e. The zero-order chi connectivity index (χ0) is 10.4. The Labute approximate surface area is 82.7 Å². The Morgan fingerprint density at radius 2 is 2.43 bits per heavy atom. The van der Waals surface area contributed by atoms with Crippen LogP contribution in [0.25, 0.3) is 0 Å². The van der Waals surface area contributed by atoms with Gasteiger partial charge >= 0.3 is 5.97 Å². The third-order valence-electron chi connectivity index (χ3n) is 1.67. The molecule has 74 valence electrons. The van der Waals surface area contributed by atoms with Gasteiger partial charge in [0, 0.05) is 12.5 Å². The van der Waals surface area contributed by atoms with Crippen molar-refractivity contribution >= 4 is 5.97 Å². The van der Waals surface area contributed by atoms with Crippen LogP contribution in [0.5, 0.6) is 0 Å². The molecule has 3 heteroatoms. The molecule has 0 saturated carbocycles. The van der Waals surface area contributed by atoms with Crippen LogP contribution in [-0.2, 0) is 9.53 Å². The van der Waals surface area contributed by atoms with Crippen molar-refractivity contribution in [1.82, 2.24) is 0 Å². The molecule has 1 atom stereocenters. The highest BCUT2D eigenvalue weighted by Crippen LogP contribution is 2.22. The lowest BCUT2D eigenvalue weighted by atomic mass is 10.2. The highest BCUT2D eigenvalue weighted by atomic mass is 16.5. The molecule has 0 aliphatic heterocycles. The number of ether oxygens (including phenoxy) is 1. The van der Waals surface area contributed by atoms with Gasteiger partial charge in [0.2, 0.25) is 0 Å². The lowest BCUT2D eigenvalue weighted by Gasteiger charge is -2.12. The van der Waals surface area contributed by atoms with Crippen LogP contribution in [-0.4, -0.2) is 5.97 Å². The highest BCUT2D eigenvalue weighted by Gasteiger charge is 2.15. The molecule has 0 aromatic carbocycles. The second kappa shape index (κ2) is 5.07. The van der Waals surface area contributed by atoms with Crippen molar-refractivity contribution in [2.75, 3.05) is 0 Å². The van der Waals surface area contributed by atoms with E-state index in [1.54, 1.807) is 18.2 Å². The Bertz CT molecular complexity index is 311. The predicted molar refractivity (Wildman–Crippen MR) is 52.6 cm³/mol. The number of carbonyl (C=O) groups is 1. The first kappa shape index (κ1) is 10.3. The molecule has 1 aromatic heterocycles. The first-order valence-electron chi connectivity index (χ1n) is 4.25. The summed E-state index contributed by atoms with van der Waals surface area (Å²) in [6.07, 6.45) is 4.44. The van der Waals surface area contributed by atoms with Gasteiger partial charge in [-0.15, -0.1) is 6.58 Å². The van der Waals surface area contributed by atoms with Crippen molar-refractivity contribution in [3.05, 3.63) is 49.5 Å². The number of furan rings is 1. The minimum atomic E-state index is -0.465. The van der Waals surface area contributed by atoms with E-state index in [-0.39, 0.29) is 0 Å². The van der Waals surface area contributed by atoms with Gasteiger partial charge in [-0.2, -0.15) is 0 Å². The third kappa shape index (κ3) is 2.62. The molecule has 0 spiro atoms. The Balaban J connectivity index is 2.69. The zero-order valence-electron chi connectivity index (χ0n) is 7.81. The largest absolute Gasteiger partial charge is 0.465 e. The van der Waals surface area contributed by atoms with E-state index >= 15 is 0 Å². The van der Waals surface area contributed by atoms with Crippen molar-refractivity contribution < 1.29 is 13.9 Å². The van der Waals surface area contributed by atoms with Gasteiger partial charge < -0.3 is 9.15 Å². The maximum atomic E-state index is 11.0. The normalized spacial score (nSPS) is 11.7. The van der Waals surface area contributed by atoms with E-state index in [0.717, 1.165) is 6.08 Å². The number of rotatable bonds is 5. The van der Waals surface area contributed by atoms with Crippen molar-refractivity contribution in [3.8, 4) is 0 Å². The molecule has 1 aromatic rings. The summed E-state index contributed by atoms with van der Waals surface area (Å²) in [7, 11) is 0. The lowest BCUT2D eigenvalue weighted by Crippen LogP contribution is -2.07. The molecule has 3 nitrogen and oxygen atoms in total. The average Bonchev–Trinajstić information content (AvgIpc) is 2.69. The molecular formula is C11H12O3. The summed E-state index contributed by atoms with van der Waals surface area (Å²) in [5.74, 6) is 0.147. The van der Waals surface area contributed by atoms with Gasteiger partial charge in [0.25, 0.3) is 0 Å². The lowest BCUT2D eigenvalue weighted by molar-refractivity contribution is -0.144. The van der Waals surface area contributed by atoms with E-state index in [1.807, 2.05) is 0 Å². The van der Waals surface area contributed by atoms with Crippen LogP contribution in [0.2, 0.25) is 0 Å². The highest BCUT2D eigenvalue weighted by molar-refractivity contribution is 5.81. The van der Waals surface area contributed by atoms with E-state index in [9.17, 15) is 4.79 Å². The fourth-order valence-electron chi connectivity index (χ4n) is 1.04. The first-order valence-corrected chi connectivity index (χ1v) is 4.25. The molecule has 0 radical (unpaired) electrons. The summed E-state index contributed by atoms with van der Waals surface area (Å²) in [6.45, 7) is 6.91. The minimum absolute atomic E-state index is 0.409. The summed E-state index contributed by atoms with van der Waals surface area (Å²) >= 11 is 0. The minimum Gasteiger partial charge on any atom is -0.465 e. The number of hydrogen-bond acceptors (Lipinski definition) is 3. The van der Waals surface area contributed by atoms with E-state index < -0.39 is 12.1 Å². The summed E-state index contributed by atoms with van der Waals surface area (Å²) in [5, 5.41) is 0. The van der Waals surface area contributed by atoms with E-state index in [2.05, 4.69) is 13.2 Å². The quantitative estimate of drug-likeness (QED) is 0.409. The van der Waals surface area contributed by atoms with E-state index in [1.165, 1.54) is 6.26 Å². The zero-order valence-corrected chi connectivity index (χ0v) is 7.81. The topological polar surface area (TPSA) is 39.4 Å². The Hall–Kier alpha value is -1.77. The van der Waals surface area contributed by atoms with Gasteiger partial charge in [0.15, 0.2) is 6.10 Å². The van der Waals surface area contributed by atoms with Gasteiger partial charge in [0.05, 0.1) is 6.26 Å². The standard InChI is InChI=1S/C11H12O3/c1-3-6-10(14-11(12)4-2)9-7-5-8-13-9/h3-5,7-8,10H,1-2,6H2/t10-/m0/s1. The molecule has 0 bridgehead atoms. The predicted octanol–water partition coefficient (Wildman–Crippen LogP) is 2.63. The van der Waals surface area contributed by atoms with E-state index in [0.29, 0.717) is 12.2 Å². The fourth-order valence-corrected chi connectivity index (χ4v) is 1.04. The van der Waals surface area contributed by atoms with Crippen LogP contribution in [0.3, 0.4) is 0 Å². The molecule has 0 amide bonds. The Morgan fingerprint density at radius 3 is 2.93 bits per heavy atom.